The molecule has 1 N–H and O–H groups in total. The fourth-order valence-corrected chi connectivity index (χ4v) is 3.38. The third-order valence-electron chi connectivity index (χ3n) is 4.56. The average Bonchev–Trinajstić information content (AvgIpc) is 3.22. The number of aliphatic imine (C=N–C) groups is 1. The van der Waals surface area contributed by atoms with E-state index in [4.69, 9.17) is 4.99 Å². The molecular weight excluding hydrogens is 276 g/mol. The van der Waals surface area contributed by atoms with Crippen molar-refractivity contribution in [3.63, 3.8) is 0 Å². The number of amides is 1. The molecule has 4 rings (SSSR count). The Balaban J connectivity index is 1.66. The Hall–Kier alpha value is -2.43. The van der Waals surface area contributed by atoms with Crippen molar-refractivity contribution in [2.45, 2.75) is 31.3 Å². The third kappa shape index (κ3) is 2.04. The standard InChI is InChI=1S/C17H18N4O/c1-21-11-10-18-15(21)13-6-4-12(5-7-13)14-16(22)20-17(19-14)8-2-3-9-17/h4-7,10-11H,2-3,8-9H2,1H3,(H,20,22). The topological polar surface area (TPSA) is 59.3 Å². The Morgan fingerprint density at radius 3 is 2.45 bits per heavy atom. The van der Waals surface area contributed by atoms with Crippen molar-refractivity contribution in [1.82, 2.24) is 14.9 Å². The minimum atomic E-state index is -0.329. The molecule has 0 unspecified atom stereocenters. The van der Waals surface area contributed by atoms with Crippen LogP contribution >= 0.6 is 0 Å². The first kappa shape index (κ1) is 13.2. The molecule has 22 heavy (non-hydrogen) atoms. The van der Waals surface area contributed by atoms with Gasteiger partial charge in [0, 0.05) is 30.6 Å². The van der Waals surface area contributed by atoms with Crippen molar-refractivity contribution in [3.8, 4) is 11.4 Å². The van der Waals surface area contributed by atoms with Crippen LogP contribution in [-0.4, -0.2) is 26.8 Å². The van der Waals surface area contributed by atoms with E-state index in [0.29, 0.717) is 5.71 Å². The van der Waals surface area contributed by atoms with Crippen LogP contribution in [0.4, 0.5) is 0 Å². The van der Waals surface area contributed by atoms with E-state index in [0.717, 1.165) is 42.6 Å². The van der Waals surface area contributed by atoms with Crippen molar-refractivity contribution in [2.24, 2.45) is 12.0 Å². The molecule has 1 saturated carbocycles. The molecule has 0 radical (unpaired) electrons. The van der Waals surface area contributed by atoms with Gasteiger partial charge < -0.3 is 9.88 Å². The molecule has 1 aliphatic carbocycles. The van der Waals surface area contributed by atoms with E-state index < -0.39 is 0 Å². The van der Waals surface area contributed by atoms with Crippen LogP contribution in [0, 0.1) is 0 Å². The third-order valence-corrected chi connectivity index (χ3v) is 4.56. The minimum Gasteiger partial charge on any atom is -0.334 e. The lowest BCUT2D eigenvalue weighted by Crippen LogP contribution is -2.39. The number of carbonyl (C=O) groups is 1. The van der Waals surface area contributed by atoms with Crippen LogP contribution in [0.5, 0.6) is 0 Å². The van der Waals surface area contributed by atoms with E-state index in [1.165, 1.54) is 0 Å². The van der Waals surface area contributed by atoms with Gasteiger partial charge in [0.25, 0.3) is 5.91 Å². The van der Waals surface area contributed by atoms with Crippen molar-refractivity contribution >= 4 is 11.6 Å². The van der Waals surface area contributed by atoms with Gasteiger partial charge >= 0.3 is 0 Å². The summed E-state index contributed by atoms with van der Waals surface area (Å²) in [5.74, 6) is 0.864. The maximum Gasteiger partial charge on any atom is 0.272 e. The Bertz CT molecular complexity index is 751. The molecule has 2 aromatic rings. The van der Waals surface area contributed by atoms with E-state index in [1.807, 2.05) is 42.1 Å². The van der Waals surface area contributed by atoms with Crippen molar-refractivity contribution in [2.75, 3.05) is 0 Å². The Kier molecular flexibility index (Phi) is 2.89. The smallest absolute Gasteiger partial charge is 0.272 e. The van der Waals surface area contributed by atoms with Crippen LogP contribution in [0.2, 0.25) is 0 Å². The van der Waals surface area contributed by atoms with E-state index in [1.54, 1.807) is 6.20 Å². The lowest BCUT2D eigenvalue weighted by Gasteiger charge is -2.18. The van der Waals surface area contributed by atoms with Crippen LogP contribution in [0.25, 0.3) is 11.4 Å². The number of nitrogens with one attached hydrogen (secondary N) is 1. The minimum absolute atomic E-state index is 0.0494. The highest BCUT2D eigenvalue weighted by Gasteiger charge is 2.41. The summed E-state index contributed by atoms with van der Waals surface area (Å²) in [5, 5.41) is 3.07. The summed E-state index contributed by atoms with van der Waals surface area (Å²) in [7, 11) is 1.97. The predicted molar refractivity (Wildman–Crippen MR) is 84.5 cm³/mol. The van der Waals surface area contributed by atoms with Crippen LogP contribution in [0.1, 0.15) is 31.2 Å². The molecule has 1 aromatic heterocycles. The van der Waals surface area contributed by atoms with Gasteiger partial charge in [0.15, 0.2) is 0 Å². The first-order valence-corrected chi connectivity index (χ1v) is 7.67. The van der Waals surface area contributed by atoms with E-state index in [9.17, 15) is 4.79 Å². The number of imidazole rings is 1. The summed E-state index contributed by atoms with van der Waals surface area (Å²) in [6, 6.07) is 7.90. The second-order valence-electron chi connectivity index (χ2n) is 6.09. The number of rotatable bonds is 2. The number of benzene rings is 1. The highest BCUT2D eigenvalue weighted by molar-refractivity contribution is 6.46. The summed E-state index contributed by atoms with van der Waals surface area (Å²) in [4.78, 5) is 21.3. The summed E-state index contributed by atoms with van der Waals surface area (Å²) in [5.41, 5.74) is 2.14. The Morgan fingerprint density at radius 2 is 1.82 bits per heavy atom. The zero-order valence-corrected chi connectivity index (χ0v) is 12.5. The molecule has 1 fully saturated rings. The van der Waals surface area contributed by atoms with Crippen LogP contribution in [-0.2, 0) is 11.8 Å². The predicted octanol–water partition coefficient (Wildman–Crippen LogP) is 2.28. The summed E-state index contributed by atoms with van der Waals surface area (Å²) in [6.07, 6.45) is 7.87. The molecule has 1 spiro atoms. The van der Waals surface area contributed by atoms with Gasteiger partial charge in [-0.2, -0.15) is 0 Å². The monoisotopic (exact) mass is 294 g/mol. The zero-order valence-electron chi connectivity index (χ0n) is 12.5. The second-order valence-corrected chi connectivity index (χ2v) is 6.09. The van der Waals surface area contributed by atoms with Gasteiger partial charge in [-0.1, -0.05) is 24.3 Å². The highest BCUT2D eigenvalue weighted by atomic mass is 16.2. The van der Waals surface area contributed by atoms with E-state index in [-0.39, 0.29) is 11.6 Å². The molecule has 1 amide bonds. The van der Waals surface area contributed by atoms with Crippen molar-refractivity contribution in [3.05, 3.63) is 42.2 Å². The summed E-state index contributed by atoms with van der Waals surface area (Å²) >= 11 is 0. The van der Waals surface area contributed by atoms with Crippen molar-refractivity contribution < 1.29 is 4.79 Å². The number of aryl methyl sites for hydroxylation is 1. The maximum atomic E-state index is 12.2. The van der Waals surface area contributed by atoms with Gasteiger partial charge in [-0.05, 0) is 25.7 Å². The normalized spacial score (nSPS) is 19.5. The zero-order chi connectivity index (χ0) is 15.2. The van der Waals surface area contributed by atoms with Gasteiger partial charge in [0.2, 0.25) is 0 Å². The number of aromatic nitrogens is 2. The fraction of sp³-hybridized carbons (Fsp3) is 0.353. The van der Waals surface area contributed by atoms with Gasteiger partial charge in [-0.15, -0.1) is 0 Å². The highest BCUT2D eigenvalue weighted by Crippen LogP contribution is 2.34. The largest absolute Gasteiger partial charge is 0.334 e. The average molecular weight is 294 g/mol. The van der Waals surface area contributed by atoms with Crippen LogP contribution in [0.3, 0.4) is 0 Å². The lowest BCUT2D eigenvalue weighted by molar-refractivity contribution is -0.115. The first-order valence-electron chi connectivity index (χ1n) is 7.67. The van der Waals surface area contributed by atoms with Crippen LogP contribution in [0.15, 0.2) is 41.7 Å². The molecule has 112 valence electrons. The SMILES string of the molecule is Cn1ccnc1-c1ccc(C2=NC3(CCCC3)NC2=O)cc1. The molecule has 0 saturated heterocycles. The molecular formula is C17H18N4O. The summed E-state index contributed by atoms with van der Waals surface area (Å²) < 4.78 is 1.97. The molecule has 0 atom stereocenters. The van der Waals surface area contributed by atoms with Gasteiger partial charge in [0.05, 0.1) is 0 Å². The Morgan fingerprint density at radius 1 is 1.14 bits per heavy atom. The van der Waals surface area contributed by atoms with Crippen LogP contribution < -0.4 is 5.32 Å². The second kappa shape index (κ2) is 4.80. The molecule has 1 aromatic carbocycles. The molecule has 1 aliphatic heterocycles. The van der Waals surface area contributed by atoms with Gasteiger partial charge in [-0.25, -0.2) is 4.98 Å². The van der Waals surface area contributed by atoms with Gasteiger partial charge in [0.1, 0.15) is 17.2 Å². The Labute approximate surface area is 129 Å². The number of carbonyl (C=O) groups excluding carboxylic acids is 1. The number of hydrogen-bond acceptors (Lipinski definition) is 3. The van der Waals surface area contributed by atoms with Gasteiger partial charge in [-0.3, -0.25) is 9.79 Å². The van der Waals surface area contributed by atoms with E-state index in [2.05, 4.69) is 10.3 Å². The maximum absolute atomic E-state index is 12.2. The molecule has 2 aliphatic rings. The fourth-order valence-electron chi connectivity index (χ4n) is 3.38. The first-order chi connectivity index (χ1) is 10.7. The summed E-state index contributed by atoms with van der Waals surface area (Å²) in [6.45, 7) is 0. The number of nitrogens with zero attached hydrogens (tertiary/aromatic N) is 3. The van der Waals surface area contributed by atoms with E-state index >= 15 is 0 Å². The lowest BCUT2D eigenvalue weighted by atomic mass is 10.1. The molecule has 2 heterocycles. The number of hydrogen-bond donors (Lipinski definition) is 1. The quantitative estimate of drug-likeness (QED) is 0.923. The molecule has 0 bridgehead atoms. The molecule has 5 heteroatoms. The van der Waals surface area contributed by atoms with Crippen molar-refractivity contribution in [1.29, 1.82) is 0 Å². The molecule has 5 nitrogen and oxygen atoms in total.